The average molecular weight is 324 g/mol. The molecule has 24 heavy (non-hydrogen) atoms. The Morgan fingerprint density at radius 2 is 2.04 bits per heavy atom. The van der Waals surface area contributed by atoms with Crippen molar-refractivity contribution in [2.24, 2.45) is 5.92 Å². The van der Waals surface area contributed by atoms with Gasteiger partial charge in [0.15, 0.2) is 0 Å². The van der Waals surface area contributed by atoms with E-state index < -0.39 is 0 Å². The van der Waals surface area contributed by atoms with Gasteiger partial charge in [-0.1, -0.05) is 24.3 Å². The first-order valence-electron chi connectivity index (χ1n) is 8.87. The van der Waals surface area contributed by atoms with Crippen LogP contribution in [0.4, 0.5) is 10.5 Å². The number of fused-ring (bicyclic) bond motifs is 1. The molecule has 2 aliphatic rings. The number of nitrogens with one attached hydrogen (secondary N) is 2. The van der Waals surface area contributed by atoms with Gasteiger partial charge >= 0.3 is 6.03 Å². The van der Waals surface area contributed by atoms with Gasteiger partial charge in [0.25, 0.3) is 0 Å². The van der Waals surface area contributed by atoms with Crippen molar-refractivity contribution in [2.75, 3.05) is 5.32 Å². The van der Waals surface area contributed by atoms with E-state index in [9.17, 15) is 4.79 Å². The first kappa shape index (κ1) is 15.2. The van der Waals surface area contributed by atoms with Crippen molar-refractivity contribution in [3.8, 4) is 0 Å². The van der Waals surface area contributed by atoms with E-state index in [1.807, 2.05) is 10.9 Å². The first-order valence-corrected chi connectivity index (χ1v) is 8.87. The van der Waals surface area contributed by atoms with E-state index in [0.717, 1.165) is 30.9 Å². The van der Waals surface area contributed by atoms with Crippen molar-refractivity contribution in [3.05, 3.63) is 47.8 Å². The maximum absolute atomic E-state index is 12.3. The van der Waals surface area contributed by atoms with E-state index in [0.29, 0.717) is 6.04 Å². The fraction of sp³-hybridized carbons (Fsp3) is 0.474. The monoisotopic (exact) mass is 324 g/mol. The Balaban J connectivity index is 1.32. The zero-order valence-corrected chi connectivity index (χ0v) is 14.0. The van der Waals surface area contributed by atoms with Crippen LogP contribution in [0.2, 0.25) is 0 Å². The molecule has 0 saturated heterocycles. The van der Waals surface area contributed by atoms with E-state index >= 15 is 0 Å². The standard InChI is InChI=1S/C19H24N4O/c1-13(14-6-7-14)23-12-18(11-20-23)22-19(24)21-17-9-8-15-4-2-3-5-16(15)10-17/h2-5,11-14,17H,6-10H2,1H3,(H2,21,22,24). The van der Waals surface area contributed by atoms with Crippen LogP contribution in [0.25, 0.3) is 0 Å². The van der Waals surface area contributed by atoms with Gasteiger partial charge in [-0.25, -0.2) is 4.79 Å². The Morgan fingerprint density at radius 3 is 2.83 bits per heavy atom. The number of urea groups is 1. The number of amides is 2. The number of anilines is 1. The van der Waals surface area contributed by atoms with Gasteiger partial charge < -0.3 is 10.6 Å². The van der Waals surface area contributed by atoms with Crippen LogP contribution in [0, 0.1) is 5.92 Å². The van der Waals surface area contributed by atoms with E-state index in [4.69, 9.17) is 0 Å². The Labute approximate surface area is 142 Å². The lowest BCUT2D eigenvalue weighted by Crippen LogP contribution is -2.41. The minimum Gasteiger partial charge on any atom is -0.335 e. The van der Waals surface area contributed by atoms with Crippen molar-refractivity contribution < 1.29 is 4.79 Å². The summed E-state index contributed by atoms with van der Waals surface area (Å²) in [6, 6.07) is 8.96. The van der Waals surface area contributed by atoms with Gasteiger partial charge in [0, 0.05) is 12.2 Å². The quantitative estimate of drug-likeness (QED) is 0.904. The molecular formula is C19H24N4O. The predicted octanol–water partition coefficient (Wildman–Crippen LogP) is 3.53. The van der Waals surface area contributed by atoms with Crippen molar-refractivity contribution in [2.45, 2.75) is 51.1 Å². The molecule has 0 radical (unpaired) electrons. The summed E-state index contributed by atoms with van der Waals surface area (Å²) in [6.07, 6.45) is 9.15. The minimum atomic E-state index is -0.141. The van der Waals surface area contributed by atoms with Crippen molar-refractivity contribution in [1.82, 2.24) is 15.1 Å². The van der Waals surface area contributed by atoms with Crippen LogP contribution in [0.15, 0.2) is 36.7 Å². The lowest BCUT2D eigenvalue weighted by molar-refractivity contribution is 0.247. The second-order valence-corrected chi connectivity index (χ2v) is 7.09. The highest BCUT2D eigenvalue weighted by molar-refractivity contribution is 5.89. The van der Waals surface area contributed by atoms with Crippen LogP contribution in [-0.4, -0.2) is 21.9 Å². The van der Waals surface area contributed by atoms with Crippen LogP contribution in [0.3, 0.4) is 0 Å². The van der Waals surface area contributed by atoms with Gasteiger partial charge in [-0.15, -0.1) is 0 Å². The Kier molecular flexibility index (Phi) is 4.00. The van der Waals surface area contributed by atoms with Crippen LogP contribution in [0.5, 0.6) is 0 Å². The number of rotatable bonds is 4. The normalized spacial score (nSPS) is 21.0. The molecule has 5 nitrogen and oxygen atoms in total. The number of hydrogen-bond donors (Lipinski definition) is 2. The maximum Gasteiger partial charge on any atom is 0.319 e. The molecule has 2 aromatic rings. The predicted molar refractivity (Wildman–Crippen MR) is 94.1 cm³/mol. The molecule has 2 aliphatic carbocycles. The van der Waals surface area contributed by atoms with Crippen molar-refractivity contribution >= 4 is 11.7 Å². The van der Waals surface area contributed by atoms with Gasteiger partial charge in [0.2, 0.25) is 0 Å². The molecule has 5 heteroatoms. The van der Waals surface area contributed by atoms with Crippen LogP contribution >= 0.6 is 0 Å². The third-order valence-corrected chi connectivity index (χ3v) is 5.26. The van der Waals surface area contributed by atoms with Gasteiger partial charge in [0.1, 0.15) is 0 Å². The number of carbonyl (C=O) groups is 1. The second kappa shape index (κ2) is 6.30. The van der Waals surface area contributed by atoms with Gasteiger partial charge in [-0.2, -0.15) is 5.10 Å². The number of aryl methyl sites for hydroxylation is 1. The largest absolute Gasteiger partial charge is 0.335 e. The molecule has 1 heterocycles. The molecule has 2 unspecified atom stereocenters. The molecule has 1 fully saturated rings. The molecule has 126 valence electrons. The summed E-state index contributed by atoms with van der Waals surface area (Å²) in [5.74, 6) is 0.744. The number of nitrogens with zero attached hydrogens (tertiary/aromatic N) is 2. The maximum atomic E-state index is 12.3. The van der Waals surface area contributed by atoms with Crippen LogP contribution in [0.1, 0.15) is 43.4 Å². The lowest BCUT2D eigenvalue weighted by atomic mass is 9.88. The molecule has 1 saturated carbocycles. The van der Waals surface area contributed by atoms with E-state index in [1.165, 1.54) is 24.0 Å². The SMILES string of the molecule is CC(C1CC1)n1cc(NC(=O)NC2CCc3ccccc3C2)cn1. The summed E-state index contributed by atoms with van der Waals surface area (Å²) in [5.41, 5.74) is 3.52. The van der Waals surface area contributed by atoms with Crippen molar-refractivity contribution in [3.63, 3.8) is 0 Å². The number of hydrogen-bond acceptors (Lipinski definition) is 2. The minimum absolute atomic E-state index is 0.141. The molecule has 0 bridgehead atoms. The molecule has 0 aliphatic heterocycles. The first-order chi connectivity index (χ1) is 11.7. The zero-order valence-electron chi connectivity index (χ0n) is 14.0. The Hall–Kier alpha value is -2.30. The molecule has 1 aromatic heterocycles. The molecule has 2 amide bonds. The highest BCUT2D eigenvalue weighted by Crippen LogP contribution is 2.39. The number of aromatic nitrogens is 2. The molecular weight excluding hydrogens is 300 g/mol. The summed E-state index contributed by atoms with van der Waals surface area (Å²) >= 11 is 0. The summed E-state index contributed by atoms with van der Waals surface area (Å²) in [6.45, 7) is 2.19. The molecule has 0 spiro atoms. The Bertz CT molecular complexity index is 734. The van der Waals surface area contributed by atoms with Gasteiger partial charge in [0.05, 0.1) is 17.9 Å². The molecule has 2 atom stereocenters. The lowest BCUT2D eigenvalue weighted by Gasteiger charge is -2.25. The summed E-state index contributed by atoms with van der Waals surface area (Å²) < 4.78 is 1.96. The fourth-order valence-corrected chi connectivity index (χ4v) is 3.59. The summed E-state index contributed by atoms with van der Waals surface area (Å²) in [5, 5.41) is 10.4. The number of benzene rings is 1. The highest BCUT2D eigenvalue weighted by atomic mass is 16.2. The third kappa shape index (κ3) is 3.30. The summed E-state index contributed by atoms with van der Waals surface area (Å²) in [4.78, 5) is 12.3. The summed E-state index contributed by atoms with van der Waals surface area (Å²) in [7, 11) is 0. The Morgan fingerprint density at radius 1 is 1.25 bits per heavy atom. The second-order valence-electron chi connectivity index (χ2n) is 7.09. The molecule has 4 rings (SSSR count). The van der Waals surface area contributed by atoms with Gasteiger partial charge in [-0.05, 0) is 56.1 Å². The third-order valence-electron chi connectivity index (χ3n) is 5.26. The molecule has 1 aromatic carbocycles. The topological polar surface area (TPSA) is 59.0 Å². The van der Waals surface area contributed by atoms with Crippen LogP contribution in [-0.2, 0) is 12.8 Å². The molecule has 2 N–H and O–H groups in total. The zero-order chi connectivity index (χ0) is 16.5. The fourth-order valence-electron chi connectivity index (χ4n) is 3.59. The smallest absolute Gasteiger partial charge is 0.319 e. The average Bonchev–Trinajstić information content (AvgIpc) is 3.34. The van der Waals surface area contributed by atoms with Crippen LogP contribution < -0.4 is 10.6 Å². The van der Waals surface area contributed by atoms with E-state index in [1.54, 1.807) is 6.20 Å². The highest BCUT2D eigenvalue weighted by Gasteiger charge is 2.29. The van der Waals surface area contributed by atoms with E-state index in [2.05, 4.69) is 46.9 Å². The number of carbonyl (C=O) groups excluding carboxylic acids is 1. The van der Waals surface area contributed by atoms with Gasteiger partial charge in [-0.3, -0.25) is 4.68 Å². The van der Waals surface area contributed by atoms with Crippen molar-refractivity contribution in [1.29, 1.82) is 0 Å². The van der Waals surface area contributed by atoms with E-state index in [-0.39, 0.29) is 12.1 Å².